The zero-order valence-electron chi connectivity index (χ0n) is 15.0. The average Bonchev–Trinajstić information content (AvgIpc) is 2.67. The molecule has 1 aliphatic rings. The Hall–Kier alpha value is -2.11. The van der Waals surface area contributed by atoms with Crippen LogP contribution in [0.5, 0.6) is 0 Å². The number of nitrogens with one attached hydrogen (secondary N) is 2. The van der Waals surface area contributed by atoms with Gasteiger partial charge in [0.05, 0.1) is 0 Å². The van der Waals surface area contributed by atoms with Gasteiger partial charge in [0.15, 0.2) is 0 Å². The number of piperidine rings is 1. The van der Waals surface area contributed by atoms with Crippen molar-refractivity contribution in [3.8, 4) is 0 Å². The highest BCUT2D eigenvalue weighted by molar-refractivity contribution is 5.98. The van der Waals surface area contributed by atoms with Crippen molar-refractivity contribution in [2.45, 2.75) is 25.3 Å². The second kappa shape index (κ2) is 9.55. The Morgan fingerprint density at radius 1 is 1.08 bits per heavy atom. The van der Waals surface area contributed by atoms with Crippen LogP contribution < -0.4 is 10.6 Å². The van der Waals surface area contributed by atoms with Crippen LogP contribution >= 0.6 is 12.4 Å². The number of hydrogen-bond donors (Lipinski definition) is 2. The minimum Gasteiger partial charge on any atom is -0.352 e. The number of likely N-dealkylation sites (tertiary alicyclic amines) is 1. The first kappa shape index (κ1) is 20.2. The fourth-order valence-corrected chi connectivity index (χ4v) is 3.29. The standard InChI is InChI=1S/C20H25N3O2.ClH/c1-21-18-9-12-23(13-10-18)19(24)8-11-22-20(25)17-7-6-15-4-2-3-5-16(15)14-17;/h2-7,14,18,21H,8-13H2,1H3,(H,22,25);1H. The molecule has 5 nitrogen and oxygen atoms in total. The van der Waals surface area contributed by atoms with Crippen LogP contribution in [0, 0.1) is 0 Å². The van der Waals surface area contributed by atoms with Crippen LogP contribution in [-0.2, 0) is 4.79 Å². The van der Waals surface area contributed by atoms with E-state index in [0.717, 1.165) is 36.7 Å². The van der Waals surface area contributed by atoms with Crippen LogP contribution in [0.25, 0.3) is 10.8 Å². The number of nitrogens with zero attached hydrogens (tertiary/aromatic N) is 1. The molecule has 0 radical (unpaired) electrons. The third-order valence-corrected chi connectivity index (χ3v) is 4.89. The summed E-state index contributed by atoms with van der Waals surface area (Å²) in [5.74, 6) is -0.0131. The fourth-order valence-electron chi connectivity index (χ4n) is 3.29. The molecule has 2 amide bonds. The van der Waals surface area contributed by atoms with Gasteiger partial charge in [-0.2, -0.15) is 0 Å². The highest BCUT2D eigenvalue weighted by atomic mass is 35.5. The predicted octanol–water partition coefficient (Wildman–Crippen LogP) is 2.59. The van der Waals surface area contributed by atoms with Crippen molar-refractivity contribution < 1.29 is 9.59 Å². The van der Waals surface area contributed by atoms with Gasteiger partial charge in [0, 0.05) is 37.7 Å². The van der Waals surface area contributed by atoms with Crippen molar-refractivity contribution in [1.29, 1.82) is 0 Å². The number of fused-ring (bicyclic) bond motifs is 1. The number of amides is 2. The summed E-state index contributed by atoms with van der Waals surface area (Å²) in [6.45, 7) is 1.96. The smallest absolute Gasteiger partial charge is 0.251 e. The second-order valence-corrected chi connectivity index (χ2v) is 6.51. The number of hydrogen-bond acceptors (Lipinski definition) is 3. The number of rotatable bonds is 5. The van der Waals surface area contributed by atoms with Gasteiger partial charge in [-0.05, 0) is 42.8 Å². The zero-order valence-corrected chi connectivity index (χ0v) is 15.8. The molecule has 0 saturated carbocycles. The van der Waals surface area contributed by atoms with Crippen molar-refractivity contribution in [2.75, 3.05) is 26.7 Å². The van der Waals surface area contributed by atoms with E-state index in [2.05, 4.69) is 10.6 Å². The van der Waals surface area contributed by atoms with Crippen molar-refractivity contribution in [3.63, 3.8) is 0 Å². The fraction of sp³-hybridized carbons (Fsp3) is 0.400. The summed E-state index contributed by atoms with van der Waals surface area (Å²) in [7, 11) is 1.96. The third-order valence-electron chi connectivity index (χ3n) is 4.89. The lowest BCUT2D eigenvalue weighted by Crippen LogP contribution is -2.44. The van der Waals surface area contributed by atoms with Gasteiger partial charge in [-0.15, -0.1) is 12.4 Å². The Balaban J connectivity index is 0.00000243. The first-order chi connectivity index (χ1) is 12.2. The molecule has 1 heterocycles. The first-order valence-corrected chi connectivity index (χ1v) is 8.89. The topological polar surface area (TPSA) is 61.4 Å². The number of carbonyl (C=O) groups is 2. The molecule has 0 bridgehead atoms. The van der Waals surface area contributed by atoms with E-state index in [1.165, 1.54) is 0 Å². The van der Waals surface area contributed by atoms with E-state index in [1.807, 2.05) is 54.4 Å². The summed E-state index contributed by atoms with van der Waals surface area (Å²) in [5.41, 5.74) is 0.626. The molecular weight excluding hydrogens is 350 g/mol. The van der Waals surface area contributed by atoms with Crippen LogP contribution in [0.2, 0.25) is 0 Å². The number of benzene rings is 2. The van der Waals surface area contributed by atoms with Crippen LogP contribution in [0.3, 0.4) is 0 Å². The minimum absolute atomic E-state index is 0. The van der Waals surface area contributed by atoms with E-state index in [1.54, 1.807) is 0 Å². The van der Waals surface area contributed by atoms with Gasteiger partial charge in [-0.25, -0.2) is 0 Å². The van der Waals surface area contributed by atoms with E-state index in [4.69, 9.17) is 0 Å². The summed E-state index contributed by atoms with van der Waals surface area (Å²) >= 11 is 0. The Bertz CT molecular complexity index is 758. The van der Waals surface area contributed by atoms with E-state index >= 15 is 0 Å². The van der Waals surface area contributed by atoms with E-state index in [-0.39, 0.29) is 24.2 Å². The van der Waals surface area contributed by atoms with Gasteiger partial charge in [-0.3, -0.25) is 9.59 Å². The Morgan fingerprint density at radius 3 is 2.46 bits per heavy atom. The molecule has 0 aromatic heterocycles. The maximum absolute atomic E-state index is 12.3. The monoisotopic (exact) mass is 375 g/mol. The quantitative estimate of drug-likeness (QED) is 0.844. The molecule has 0 atom stereocenters. The molecule has 3 rings (SSSR count). The van der Waals surface area contributed by atoms with Gasteiger partial charge in [0.25, 0.3) is 5.91 Å². The molecule has 1 aliphatic heterocycles. The molecular formula is C20H26ClN3O2. The van der Waals surface area contributed by atoms with Crippen LogP contribution in [-0.4, -0.2) is 49.4 Å². The van der Waals surface area contributed by atoms with Crippen molar-refractivity contribution in [3.05, 3.63) is 48.0 Å². The Labute approximate surface area is 160 Å². The van der Waals surface area contributed by atoms with Gasteiger partial charge < -0.3 is 15.5 Å². The molecule has 0 unspecified atom stereocenters. The van der Waals surface area contributed by atoms with Gasteiger partial charge >= 0.3 is 0 Å². The van der Waals surface area contributed by atoms with Gasteiger partial charge in [-0.1, -0.05) is 30.3 Å². The number of halogens is 1. The van der Waals surface area contributed by atoms with Crippen LogP contribution in [0.15, 0.2) is 42.5 Å². The van der Waals surface area contributed by atoms with E-state index in [0.29, 0.717) is 24.6 Å². The maximum atomic E-state index is 12.3. The van der Waals surface area contributed by atoms with Crippen molar-refractivity contribution >= 4 is 35.0 Å². The highest BCUT2D eigenvalue weighted by Crippen LogP contribution is 2.15. The minimum atomic E-state index is -0.132. The lowest BCUT2D eigenvalue weighted by atomic mass is 10.1. The number of carbonyl (C=O) groups excluding carboxylic acids is 2. The first-order valence-electron chi connectivity index (χ1n) is 8.89. The molecule has 1 fully saturated rings. The second-order valence-electron chi connectivity index (χ2n) is 6.51. The third kappa shape index (κ3) is 4.96. The van der Waals surface area contributed by atoms with Crippen LogP contribution in [0.1, 0.15) is 29.6 Å². The van der Waals surface area contributed by atoms with Gasteiger partial charge in [0.1, 0.15) is 0 Å². The Morgan fingerprint density at radius 2 is 1.77 bits per heavy atom. The molecule has 0 aliphatic carbocycles. The summed E-state index contributed by atoms with van der Waals surface area (Å²) in [4.78, 5) is 26.4. The predicted molar refractivity (Wildman–Crippen MR) is 107 cm³/mol. The molecule has 26 heavy (non-hydrogen) atoms. The summed E-state index contributed by atoms with van der Waals surface area (Å²) in [5, 5.41) is 8.26. The molecule has 6 heteroatoms. The van der Waals surface area contributed by atoms with Gasteiger partial charge in [0.2, 0.25) is 5.91 Å². The molecule has 0 spiro atoms. The average molecular weight is 376 g/mol. The summed E-state index contributed by atoms with van der Waals surface area (Å²) < 4.78 is 0. The van der Waals surface area contributed by atoms with Crippen molar-refractivity contribution in [2.24, 2.45) is 0 Å². The normalized spacial score (nSPS) is 14.7. The van der Waals surface area contributed by atoms with E-state index < -0.39 is 0 Å². The summed E-state index contributed by atoms with van der Waals surface area (Å²) in [6.07, 6.45) is 2.33. The zero-order chi connectivity index (χ0) is 17.6. The lowest BCUT2D eigenvalue weighted by molar-refractivity contribution is -0.132. The molecule has 2 N–H and O–H groups in total. The van der Waals surface area contributed by atoms with Crippen LogP contribution in [0.4, 0.5) is 0 Å². The summed E-state index contributed by atoms with van der Waals surface area (Å²) in [6, 6.07) is 14.1. The molecule has 2 aromatic rings. The van der Waals surface area contributed by atoms with Crippen molar-refractivity contribution in [1.82, 2.24) is 15.5 Å². The maximum Gasteiger partial charge on any atom is 0.251 e. The molecule has 1 saturated heterocycles. The SMILES string of the molecule is CNC1CCN(C(=O)CCNC(=O)c2ccc3ccccc3c2)CC1.Cl. The molecule has 2 aromatic carbocycles. The lowest BCUT2D eigenvalue weighted by Gasteiger charge is -2.31. The van der Waals surface area contributed by atoms with E-state index in [9.17, 15) is 9.59 Å². The molecule has 140 valence electrons. The highest BCUT2D eigenvalue weighted by Gasteiger charge is 2.21. The Kier molecular flexibility index (Phi) is 7.42. The largest absolute Gasteiger partial charge is 0.352 e.